The van der Waals surface area contributed by atoms with E-state index in [-0.39, 0.29) is 11.9 Å². The Balaban J connectivity index is 1.73. The van der Waals surface area contributed by atoms with Gasteiger partial charge in [-0.25, -0.2) is 0 Å². The summed E-state index contributed by atoms with van der Waals surface area (Å²) in [6.07, 6.45) is 3.96. The number of hydrogen-bond donors (Lipinski definition) is 1. The summed E-state index contributed by atoms with van der Waals surface area (Å²) in [7, 11) is 0. The minimum absolute atomic E-state index is 0.101. The lowest BCUT2D eigenvalue weighted by atomic mass is 9.98. The van der Waals surface area contributed by atoms with Crippen LogP contribution in [0.3, 0.4) is 0 Å². The first kappa shape index (κ1) is 11.7. The standard InChI is InChI=1S/C14H19N3O/c1-9-2-3-10(6-16-9)14(18)17-7-11-4-5-13(15)12(11)8-17/h2-3,6,11-13H,4-5,7-8,15H2,1H3. The van der Waals surface area contributed by atoms with E-state index in [2.05, 4.69) is 4.98 Å². The van der Waals surface area contributed by atoms with E-state index in [1.807, 2.05) is 24.0 Å². The van der Waals surface area contributed by atoms with Gasteiger partial charge in [0.15, 0.2) is 0 Å². The number of rotatable bonds is 1. The van der Waals surface area contributed by atoms with Crippen molar-refractivity contribution >= 4 is 5.91 Å². The number of hydrogen-bond acceptors (Lipinski definition) is 3. The van der Waals surface area contributed by atoms with Crippen molar-refractivity contribution in [2.45, 2.75) is 25.8 Å². The molecule has 4 nitrogen and oxygen atoms in total. The molecule has 1 aromatic rings. The molecule has 4 heteroatoms. The molecule has 1 aliphatic carbocycles. The lowest BCUT2D eigenvalue weighted by Gasteiger charge is -2.18. The van der Waals surface area contributed by atoms with Crippen LogP contribution in [0.5, 0.6) is 0 Å². The second kappa shape index (κ2) is 4.35. The molecule has 2 aliphatic rings. The summed E-state index contributed by atoms with van der Waals surface area (Å²) in [5, 5.41) is 0. The summed E-state index contributed by atoms with van der Waals surface area (Å²) >= 11 is 0. The minimum atomic E-state index is 0.101. The van der Waals surface area contributed by atoms with Crippen molar-refractivity contribution in [2.24, 2.45) is 17.6 Å². The predicted molar refractivity (Wildman–Crippen MR) is 69.1 cm³/mol. The predicted octanol–water partition coefficient (Wildman–Crippen LogP) is 1.20. The third kappa shape index (κ3) is 1.90. The van der Waals surface area contributed by atoms with Gasteiger partial charge in [-0.2, -0.15) is 0 Å². The van der Waals surface area contributed by atoms with Gasteiger partial charge in [0, 0.05) is 31.0 Å². The molecule has 3 atom stereocenters. The Hall–Kier alpha value is -1.42. The molecule has 3 rings (SSSR count). The number of carbonyl (C=O) groups is 1. The molecule has 2 N–H and O–H groups in total. The molecule has 0 spiro atoms. The number of pyridine rings is 1. The SMILES string of the molecule is Cc1ccc(C(=O)N2CC3CCC(N)C3C2)cn1. The summed E-state index contributed by atoms with van der Waals surface area (Å²) in [5.41, 5.74) is 7.72. The lowest BCUT2D eigenvalue weighted by molar-refractivity contribution is 0.0779. The van der Waals surface area contributed by atoms with Crippen LogP contribution in [0.15, 0.2) is 18.3 Å². The molecule has 1 saturated carbocycles. The first-order valence-electron chi connectivity index (χ1n) is 6.62. The summed E-state index contributed by atoms with van der Waals surface area (Å²) < 4.78 is 0. The van der Waals surface area contributed by atoms with E-state index in [1.54, 1.807) is 6.20 Å². The fourth-order valence-corrected chi connectivity index (χ4v) is 3.25. The molecule has 2 heterocycles. The van der Waals surface area contributed by atoms with Crippen LogP contribution < -0.4 is 5.73 Å². The van der Waals surface area contributed by atoms with E-state index in [0.29, 0.717) is 17.4 Å². The van der Waals surface area contributed by atoms with E-state index in [4.69, 9.17) is 5.73 Å². The zero-order chi connectivity index (χ0) is 12.7. The fourth-order valence-electron chi connectivity index (χ4n) is 3.25. The number of aromatic nitrogens is 1. The molecular formula is C14H19N3O. The zero-order valence-electron chi connectivity index (χ0n) is 10.7. The van der Waals surface area contributed by atoms with Gasteiger partial charge in [-0.15, -0.1) is 0 Å². The Bertz CT molecular complexity index is 457. The van der Waals surface area contributed by atoms with E-state index in [1.165, 1.54) is 6.42 Å². The number of nitrogens with zero attached hydrogens (tertiary/aromatic N) is 2. The van der Waals surface area contributed by atoms with Crippen LogP contribution in [0.4, 0.5) is 0 Å². The van der Waals surface area contributed by atoms with E-state index in [0.717, 1.165) is 25.2 Å². The normalized spacial score (nSPS) is 30.6. The first-order chi connectivity index (χ1) is 8.65. The van der Waals surface area contributed by atoms with Crippen LogP contribution in [-0.2, 0) is 0 Å². The van der Waals surface area contributed by atoms with Crippen molar-refractivity contribution in [3.63, 3.8) is 0 Å². The Labute approximate surface area is 107 Å². The van der Waals surface area contributed by atoms with Gasteiger partial charge in [0.25, 0.3) is 5.91 Å². The quantitative estimate of drug-likeness (QED) is 0.808. The van der Waals surface area contributed by atoms with Gasteiger partial charge in [0.1, 0.15) is 0 Å². The molecule has 0 bridgehead atoms. The molecule has 0 aromatic carbocycles. The van der Waals surface area contributed by atoms with Crippen LogP contribution in [0.25, 0.3) is 0 Å². The average molecular weight is 245 g/mol. The topological polar surface area (TPSA) is 59.2 Å². The van der Waals surface area contributed by atoms with E-state index >= 15 is 0 Å². The van der Waals surface area contributed by atoms with Crippen molar-refractivity contribution in [3.8, 4) is 0 Å². The van der Waals surface area contributed by atoms with Gasteiger partial charge in [0.05, 0.1) is 5.56 Å². The third-order valence-corrected chi connectivity index (χ3v) is 4.36. The van der Waals surface area contributed by atoms with Gasteiger partial charge >= 0.3 is 0 Å². The monoisotopic (exact) mass is 245 g/mol. The molecule has 2 fully saturated rings. The number of nitrogens with two attached hydrogens (primary N) is 1. The summed E-state index contributed by atoms with van der Waals surface area (Å²) in [5.74, 6) is 1.22. The number of likely N-dealkylation sites (tertiary alicyclic amines) is 1. The maximum Gasteiger partial charge on any atom is 0.255 e. The molecule has 3 unspecified atom stereocenters. The highest BCUT2D eigenvalue weighted by atomic mass is 16.2. The molecular weight excluding hydrogens is 226 g/mol. The molecule has 1 aromatic heterocycles. The van der Waals surface area contributed by atoms with Gasteiger partial charge in [-0.3, -0.25) is 9.78 Å². The first-order valence-corrected chi connectivity index (χ1v) is 6.62. The van der Waals surface area contributed by atoms with Crippen molar-refractivity contribution in [1.82, 2.24) is 9.88 Å². The Morgan fingerprint density at radius 1 is 1.39 bits per heavy atom. The van der Waals surface area contributed by atoms with E-state index < -0.39 is 0 Å². The molecule has 18 heavy (non-hydrogen) atoms. The number of carbonyl (C=O) groups excluding carboxylic acids is 1. The van der Waals surface area contributed by atoms with E-state index in [9.17, 15) is 4.79 Å². The van der Waals surface area contributed by atoms with Crippen molar-refractivity contribution in [1.29, 1.82) is 0 Å². The maximum absolute atomic E-state index is 12.3. The number of aryl methyl sites for hydroxylation is 1. The minimum Gasteiger partial charge on any atom is -0.338 e. The largest absolute Gasteiger partial charge is 0.338 e. The van der Waals surface area contributed by atoms with Crippen LogP contribution in [0.1, 0.15) is 28.9 Å². The summed E-state index contributed by atoms with van der Waals surface area (Å²) in [6.45, 7) is 3.61. The highest BCUT2D eigenvalue weighted by Gasteiger charge is 2.42. The van der Waals surface area contributed by atoms with Gasteiger partial charge in [-0.05, 0) is 43.7 Å². The van der Waals surface area contributed by atoms with Crippen LogP contribution >= 0.6 is 0 Å². The average Bonchev–Trinajstić information content (AvgIpc) is 2.92. The second-order valence-electron chi connectivity index (χ2n) is 5.56. The Morgan fingerprint density at radius 2 is 2.22 bits per heavy atom. The smallest absolute Gasteiger partial charge is 0.255 e. The number of amides is 1. The lowest BCUT2D eigenvalue weighted by Crippen LogP contribution is -2.33. The third-order valence-electron chi connectivity index (χ3n) is 4.36. The summed E-state index contributed by atoms with van der Waals surface area (Å²) in [6, 6.07) is 4.03. The molecule has 96 valence electrons. The fraction of sp³-hybridized carbons (Fsp3) is 0.571. The molecule has 1 aliphatic heterocycles. The summed E-state index contributed by atoms with van der Waals surface area (Å²) in [4.78, 5) is 18.5. The van der Waals surface area contributed by atoms with Gasteiger partial charge < -0.3 is 10.6 Å². The van der Waals surface area contributed by atoms with Crippen LogP contribution in [0.2, 0.25) is 0 Å². The van der Waals surface area contributed by atoms with Crippen LogP contribution in [-0.4, -0.2) is 34.9 Å². The van der Waals surface area contributed by atoms with Crippen LogP contribution in [0, 0.1) is 18.8 Å². The molecule has 1 saturated heterocycles. The Morgan fingerprint density at radius 3 is 2.89 bits per heavy atom. The Kier molecular flexibility index (Phi) is 2.82. The van der Waals surface area contributed by atoms with Gasteiger partial charge in [0.2, 0.25) is 0 Å². The highest BCUT2D eigenvalue weighted by molar-refractivity contribution is 5.94. The highest BCUT2D eigenvalue weighted by Crippen LogP contribution is 2.37. The second-order valence-corrected chi connectivity index (χ2v) is 5.56. The van der Waals surface area contributed by atoms with Crippen molar-refractivity contribution < 1.29 is 4.79 Å². The molecule has 0 radical (unpaired) electrons. The zero-order valence-corrected chi connectivity index (χ0v) is 10.7. The van der Waals surface area contributed by atoms with Gasteiger partial charge in [-0.1, -0.05) is 0 Å². The van der Waals surface area contributed by atoms with Crippen molar-refractivity contribution in [3.05, 3.63) is 29.6 Å². The maximum atomic E-state index is 12.3. The number of fused-ring (bicyclic) bond motifs is 1. The van der Waals surface area contributed by atoms with Crippen molar-refractivity contribution in [2.75, 3.05) is 13.1 Å². The molecule has 1 amide bonds.